The van der Waals surface area contributed by atoms with E-state index < -0.39 is 0 Å². The molecule has 0 aromatic heterocycles. The fourth-order valence-electron chi connectivity index (χ4n) is 4.04. The smallest absolute Gasteiger partial charge is 0.235 e. The van der Waals surface area contributed by atoms with Crippen LogP contribution in [-0.2, 0) is 16.8 Å². The zero-order valence-corrected chi connectivity index (χ0v) is 17.1. The molecule has 2 fully saturated rings. The van der Waals surface area contributed by atoms with Crippen molar-refractivity contribution in [2.24, 2.45) is 0 Å². The second-order valence-corrected chi connectivity index (χ2v) is 9.23. The van der Waals surface area contributed by atoms with E-state index in [0.29, 0.717) is 0 Å². The van der Waals surface area contributed by atoms with E-state index in [4.69, 9.17) is 0 Å². The first-order chi connectivity index (χ1) is 13.0. The third-order valence-electron chi connectivity index (χ3n) is 5.65. The van der Waals surface area contributed by atoms with Crippen LogP contribution in [0, 0.1) is 13.8 Å². The average molecular weight is 381 g/mol. The minimum Gasteiger partial charge on any atom is -0.325 e. The van der Waals surface area contributed by atoms with Crippen LogP contribution in [0.3, 0.4) is 0 Å². The van der Waals surface area contributed by atoms with Crippen LogP contribution in [0.25, 0.3) is 0 Å². The van der Waals surface area contributed by atoms with E-state index in [2.05, 4.69) is 60.5 Å². The number of amides is 1. The number of rotatable bonds is 5. The minimum absolute atomic E-state index is 0.138. The van der Waals surface area contributed by atoms with Crippen LogP contribution in [0.4, 0.5) is 5.69 Å². The largest absolute Gasteiger partial charge is 0.325 e. The lowest BCUT2D eigenvalue weighted by molar-refractivity contribution is -0.118. The van der Waals surface area contributed by atoms with Gasteiger partial charge in [-0.15, -0.1) is 0 Å². The topological polar surface area (TPSA) is 32.3 Å². The zero-order valence-electron chi connectivity index (χ0n) is 16.3. The molecule has 0 radical (unpaired) electrons. The lowest BCUT2D eigenvalue weighted by atomic mass is 9.92. The van der Waals surface area contributed by atoms with Crippen molar-refractivity contribution in [2.75, 3.05) is 29.9 Å². The van der Waals surface area contributed by atoms with E-state index in [1.807, 2.05) is 17.8 Å². The summed E-state index contributed by atoms with van der Waals surface area (Å²) in [6.45, 7) is 7.47. The second kappa shape index (κ2) is 7.69. The van der Waals surface area contributed by atoms with E-state index in [0.717, 1.165) is 38.2 Å². The Kier molecular flexibility index (Phi) is 5.29. The van der Waals surface area contributed by atoms with Crippen molar-refractivity contribution in [1.82, 2.24) is 4.90 Å². The monoisotopic (exact) mass is 380 g/mol. The Morgan fingerprint density at radius 1 is 1.07 bits per heavy atom. The predicted octanol–water partition coefficient (Wildman–Crippen LogP) is 4.52. The van der Waals surface area contributed by atoms with Crippen molar-refractivity contribution in [3.8, 4) is 0 Å². The van der Waals surface area contributed by atoms with Gasteiger partial charge in [0, 0.05) is 36.8 Å². The van der Waals surface area contributed by atoms with E-state index in [1.54, 1.807) is 0 Å². The van der Waals surface area contributed by atoms with E-state index in [9.17, 15) is 4.79 Å². The number of anilines is 1. The third-order valence-corrected chi connectivity index (χ3v) is 6.60. The molecule has 4 heteroatoms. The quantitative estimate of drug-likeness (QED) is 0.827. The number of benzene rings is 2. The normalized spacial score (nSPS) is 18.9. The molecular formula is C23H28N2OS. The minimum atomic E-state index is -0.336. The Morgan fingerprint density at radius 2 is 1.78 bits per heavy atom. The van der Waals surface area contributed by atoms with Gasteiger partial charge >= 0.3 is 0 Å². The highest BCUT2D eigenvalue weighted by molar-refractivity contribution is 7.99. The van der Waals surface area contributed by atoms with Gasteiger partial charge in [0.05, 0.1) is 5.41 Å². The summed E-state index contributed by atoms with van der Waals surface area (Å²) in [6.07, 6.45) is 1.87. The van der Waals surface area contributed by atoms with Gasteiger partial charge in [0.2, 0.25) is 5.91 Å². The van der Waals surface area contributed by atoms with Gasteiger partial charge in [0.1, 0.15) is 0 Å². The van der Waals surface area contributed by atoms with Crippen molar-refractivity contribution in [1.29, 1.82) is 0 Å². The number of nitrogens with zero attached hydrogens (tertiary/aromatic N) is 1. The van der Waals surface area contributed by atoms with Crippen molar-refractivity contribution in [3.05, 3.63) is 64.7 Å². The fraction of sp³-hybridized carbons (Fsp3) is 0.435. The highest BCUT2D eigenvalue weighted by atomic mass is 32.2. The van der Waals surface area contributed by atoms with E-state index in [1.165, 1.54) is 33.8 Å². The number of carbonyl (C=O) groups is 1. The van der Waals surface area contributed by atoms with Gasteiger partial charge in [-0.1, -0.05) is 41.5 Å². The van der Waals surface area contributed by atoms with Crippen LogP contribution in [0.2, 0.25) is 0 Å². The molecule has 0 bridgehead atoms. The third kappa shape index (κ3) is 4.22. The molecular weight excluding hydrogens is 352 g/mol. The van der Waals surface area contributed by atoms with Crippen LogP contribution >= 0.6 is 11.8 Å². The van der Waals surface area contributed by atoms with Gasteiger partial charge < -0.3 is 5.32 Å². The molecule has 1 amide bonds. The highest BCUT2D eigenvalue weighted by Gasteiger charge is 2.51. The van der Waals surface area contributed by atoms with Crippen molar-refractivity contribution < 1.29 is 4.79 Å². The molecule has 1 heterocycles. The SMILES string of the molecule is Cc1cc(C)cc(C2(C(=O)Nc3cccc(CN4CCSCC4)c3)CC2)c1. The molecule has 142 valence electrons. The summed E-state index contributed by atoms with van der Waals surface area (Å²) in [6, 6.07) is 14.9. The number of nitrogens with one attached hydrogen (secondary N) is 1. The summed E-state index contributed by atoms with van der Waals surface area (Å²) < 4.78 is 0. The molecule has 2 aromatic rings. The molecule has 27 heavy (non-hydrogen) atoms. The predicted molar refractivity (Wildman–Crippen MR) is 115 cm³/mol. The maximum Gasteiger partial charge on any atom is 0.235 e. The van der Waals surface area contributed by atoms with Crippen LogP contribution in [0.5, 0.6) is 0 Å². The van der Waals surface area contributed by atoms with Crippen LogP contribution in [0.15, 0.2) is 42.5 Å². The number of aryl methyl sites for hydroxylation is 2. The average Bonchev–Trinajstić information content (AvgIpc) is 3.44. The Balaban J connectivity index is 1.47. The van der Waals surface area contributed by atoms with E-state index >= 15 is 0 Å². The molecule has 1 aliphatic carbocycles. The number of hydrogen-bond acceptors (Lipinski definition) is 3. The molecule has 2 aliphatic rings. The van der Waals surface area contributed by atoms with Gasteiger partial charge in [-0.3, -0.25) is 9.69 Å². The van der Waals surface area contributed by atoms with Gasteiger partial charge in [-0.2, -0.15) is 11.8 Å². The van der Waals surface area contributed by atoms with Crippen LogP contribution in [0.1, 0.15) is 35.1 Å². The van der Waals surface area contributed by atoms with Gasteiger partial charge in [0.15, 0.2) is 0 Å². The molecule has 3 nitrogen and oxygen atoms in total. The summed E-state index contributed by atoms with van der Waals surface area (Å²) >= 11 is 2.03. The van der Waals surface area contributed by atoms with Crippen molar-refractivity contribution in [3.63, 3.8) is 0 Å². The Hall–Kier alpha value is -1.78. The van der Waals surface area contributed by atoms with Gasteiger partial charge in [-0.25, -0.2) is 0 Å². The van der Waals surface area contributed by atoms with Crippen LogP contribution in [-0.4, -0.2) is 35.4 Å². The molecule has 1 saturated heterocycles. The van der Waals surface area contributed by atoms with Gasteiger partial charge in [-0.05, 0) is 49.9 Å². The number of thioether (sulfide) groups is 1. The zero-order chi connectivity index (χ0) is 18.9. The standard InChI is InChI=1S/C23H28N2OS/c1-17-12-18(2)14-20(13-17)23(6-7-23)22(26)24-21-5-3-4-19(15-21)16-25-8-10-27-11-9-25/h3-5,12-15H,6-11,16H2,1-2H3,(H,24,26). The maximum absolute atomic E-state index is 13.1. The first-order valence-electron chi connectivity index (χ1n) is 9.84. The molecule has 1 N–H and O–H groups in total. The molecule has 1 saturated carbocycles. The number of carbonyl (C=O) groups excluding carboxylic acids is 1. The van der Waals surface area contributed by atoms with E-state index in [-0.39, 0.29) is 11.3 Å². The molecule has 4 rings (SSSR count). The molecule has 1 aliphatic heterocycles. The lowest BCUT2D eigenvalue weighted by Crippen LogP contribution is -2.32. The molecule has 0 spiro atoms. The van der Waals surface area contributed by atoms with Crippen molar-refractivity contribution in [2.45, 2.75) is 38.6 Å². The first-order valence-corrected chi connectivity index (χ1v) is 11.0. The van der Waals surface area contributed by atoms with Gasteiger partial charge in [0.25, 0.3) is 0 Å². The molecule has 0 unspecified atom stereocenters. The summed E-state index contributed by atoms with van der Waals surface area (Å²) in [4.78, 5) is 15.6. The highest BCUT2D eigenvalue weighted by Crippen LogP contribution is 2.49. The maximum atomic E-state index is 13.1. The Morgan fingerprint density at radius 3 is 2.44 bits per heavy atom. The van der Waals surface area contributed by atoms with Crippen molar-refractivity contribution >= 4 is 23.4 Å². The van der Waals surface area contributed by atoms with Crippen LogP contribution < -0.4 is 5.32 Å². The summed E-state index contributed by atoms with van der Waals surface area (Å²) in [7, 11) is 0. The Bertz CT molecular complexity index is 818. The molecule has 2 aromatic carbocycles. The molecule has 0 atom stereocenters. The summed E-state index contributed by atoms with van der Waals surface area (Å²) in [5.41, 5.74) is 5.48. The number of hydrogen-bond donors (Lipinski definition) is 1. The second-order valence-electron chi connectivity index (χ2n) is 8.00. The lowest BCUT2D eigenvalue weighted by Gasteiger charge is -2.26. The first kappa shape index (κ1) is 18.6. The summed E-state index contributed by atoms with van der Waals surface area (Å²) in [5.74, 6) is 2.57. The Labute approximate surface area is 166 Å². The summed E-state index contributed by atoms with van der Waals surface area (Å²) in [5, 5.41) is 3.20. The fourth-order valence-corrected chi connectivity index (χ4v) is 5.02.